The van der Waals surface area contributed by atoms with Gasteiger partial charge in [0.15, 0.2) is 16.6 Å². The van der Waals surface area contributed by atoms with Crippen LogP contribution in [-0.4, -0.2) is 48.7 Å². The van der Waals surface area contributed by atoms with Gasteiger partial charge in [-0.25, -0.2) is 4.98 Å². The highest BCUT2D eigenvalue weighted by molar-refractivity contribution is 7.22. The average molecular weight is 603 g/mol. The molecule has 1 aliphatic rings. The molecule has 1 amide bonds. The SMILES string of the molecule is CCCCOc1cccc(C(O)=C2C(=O)C(=O)N(c3nc4ccc(OCC)cc4s3)C2c2ccc(OCC)c(OC)c2)c1. The summed E-state index contributed by atoms with van der Waals surface area (Å²) >= 11 is 1.26. The van der Waals surface area contributed by atoms with E-state index in [0.29, 0.717) is 64.6 Å². The van der Waals surface area contributed by atoms with Gasteiger partial charge in [0.05, 0.1) is 48.8 Å². The molecule has 0 radical (unpaired) electrons. The van der Waals surface area contributed by atoms with E-state index >= 15 is 0 Å². The molecule has 1 aromatic heterocycles. The number of methoxy groups -OCH3 is 1. The van der Waals surface area contributed by atoms with Crippen LogP contribution in [0, 0.1) is 0 Å². The first-order valence-electron chi connectivity index (χ1n) is 14.3. The molecule has 1 atom stereocenters. The third-order valence-electron chi connectivity index (χ3n) is 6.99. The Hall–Kier alpha value is -4.57. The molecule has 0 bridgehead atoms. The van der Waals surface area contributed by atoms with Crippen LogP contribution in [0.2, 0.25) is 0 Å². The number of hydrogen-bond donors (Lipinski definition) is 1. The maximum absolute atomic E-state index is 13.7. The first-order valence-corrected chi connectivity index (χ1v) is 15.1. The molecular weight excluding hydrogens is 568 g/mol. The molecule has 43 heavy (non-hydrogen) atoms. The van der Waals surface area contributed by atoms with Crippen LogP contribution in [0.25, 0.3) is 16.0 Å². The molecule has 9 nitrogen and oxygen atoms in total. The molecule has 224 valence electrons. The monoisotopic (exact) mass is 602 g/mol. The zero-order valence-corrected chi connectivity index (χ0v) is 25.4. The highest BCUT2D eigenvalue weighted by Gasteiger charge is 2.48. The van der Waals surface area contributed by atoms with Crippen molar-refractivity contribution in [3.63, 3.8) is 0 Å². The quantitative estimate of drug-likeness (QED) is 0.0807. The van der Waals surface area contributed by atoms with Gasteiger partial charge in [-0.3, -0.25) is 14.5 Å². The number of nitrogens with zero attached hydrogens (tertiary/aromatic N) is 2. The largest absolute Gasteiger partial charge is 0.507 e. The summed E-state index contributed by atoms with van der Waals surface area (Å²) in [6, 6.07) is 16.6. The summed E-state index contributed by atoms with van der Waals surface area (Å²) in [5.41, 5.74) is 1.51. The lowest BCUT2D eigenvalue weighted by Crippen LogP contribution is -2.29. The number of Topliss-reactive ketones (excluding diaryl/α,β-unsaturated/α-hetero) is 1. The minimum Gasteiger partial charge on any atom is -0.507 e. The van der Waals surface area contributed by atoms with Crippen LogP contribution in [0.5, 0.6) is 23.0 Å². The molecule has 0 aliphatic carbocycles. The Kier molecular flexibility index (Phi) is 9.16. The van der Waals surface area contributed by atoms with Crippen molar-refractivity contribution >= 4 is 44.1 Å². The average Bonchev–Trinajstić information content (AvgIpc) is 3.55. The van der Waals surface area contributed by atoms with Gasteiger partial charge < -0.3 is 24.1 Å². The predicted molar refractivity (Wildman–Crippen MR) is 167 cm³/mol. The van der Waals surface area contributed by atoms with Crippen LogP contribution < -0.4 is 23.8 Å². The van der Waals surface area contributed by atoms with Crippen molar-refractivity contribution in [2.75, 3.05) is 31.8 Å². The van der Waals surface area contributed by atoms with Crippen LogP contribution in [0.3, 0.4) is 0 Å². The smallest absolute Gasteiger partial charge is 0.301 e. The number of rotatable bonds is 12. The fourth-order valence-corrected chi connectivity index (χ4v) is 5.97. The highest BCUT2D eigenvalue weighted by atomic mass is 32.1. The van der Waals surface area contributed by atoms with Gasteiger partial charge in [0.2, 0.25) is 0 Å². The molecule has 2 heterocycles. The summed E-state index contributed by atoms with van der Waals surface area (Å²) in [7, 11) is 1.52. The molecule has 0 spiro atoms. The Morgan fingerprint density at radius 1 is 0.930 bits per heavy atom. The summed E-state index contributed by atoms with van der Waals surface area (Å²) in [6.45, 7) is 7.31. The minimum absolute atomic E-state index is 0.0591. The topological polar surface area (TPSA) is 107 Å². The highest BCUT2D eigenvalue weighted by Crippen LogP contribution is 2.46. The number of aliphatic hydroxyl groups is 1. The predicted octanol–water partition coefficient (Wildman–Crippen LogP) is 6.91. The van der Waals surface area contributed by atoms with E-state index in [9.17, 15) is 14.7 Å². The van der Waals surface area contributed by atoms with E-state index in [4.69, 9.17) is 23.9 Å². The standard InChI is InChI=1S/C33H34N2O7S/c1-5-8-16-42-22-11-9-10-21(17-22)30(36)28-29(20-12-15-25(41-7-3)26(18-20)39-4)35(32(38)31(28)37)33-34-24-14-13-23(40-6-2)19-27(24)43-33/h9-15,17-19,29,36H,5-8,16H2,1-4H3. The molecule has 5 rings (SSSR count). The molecular formula is C33H34N2O7S. The van der Waals surface area contributed by atoms with E-state index in [0.717, 1.165) is 17.5 Å². The van der Waals surface area contributed by atoms with Gasteiger partial charge in [0.25, 0.3) is 5.78 Å². The van der Waals surface area contributed by atoms with E-state index in [1.54, 1.807) is 42.5 Å². The third kappa shape index (κ3) is 6.01. The summed E-state index contributed by atoms with van der Waals surface area (Å²) in [5.74, 6) is 0.275. The summed E-state index contributed by atoms with van der Waals surface area (Å²) in [4.78, 5) is 33.5. The fraction of sp³-hybridized carbons (Fsp3) is 0.303. The van der Waals surface area contributed by atoms with E-state index in [-0.39, 0.29) is 11.3 Å². The molecule has 1 unspecified atom stereocenters. The Balaban J connectivity index is 1.66. The van der Waals surface area contributed by atoms with Gasteiger partial charge in [0, 0.05) is 5.56 Å². The molecule has 1 aliphatic heterocycles. The van der Waals surface area contributed by atoms with E-state index < -0.39 is 17.7 Å². The van der Waals surface area contributed by atoms with Gasteiger partial charge >= 0.3 is 5.91 Å². The molecule has 4 aromatic rings. The molecule has 1 fully saturated rings. The number of aliphatic hydroxyl groups excluding tert-OH is 1. The van der Waals surface area contributed by atoms with Gasteiger partial charge in [0.1, 0.15) is 17.3 Å². The Bertz CT molecular complexity index is 1680. The van der Waals surface area contributed by atoms with Crippen molar-refractivity contribution in [1.82, 2.24) is 4.98 Å². The lowest BCUT2D eigenvalue weighted by Gasteiger charge is -2.24. The van der Waals surface area contributed by atoms with Crippen LogP contribution in [0.1, 0.15) is 50.8 Å². The summed E-state index contributed by atoms with van der Waals surface area (Å²) in [6.07, 6.45) is 1.86. The van der Waals surface area contributed by atoms with Crippen LogP contribution in [-0.2, 0) is 9.59 Å². The molecule has 10 heteroatoms. The number of carbonyl (C=O) groups excluding carboxylic acids is 2. The maximum Gasteiger partial charge on any atom is 0.301 e. The number of anilines is 1. The number of aromatic nitrogens is 1. The minimum atomic E-state index is -0.985. The van der Waals surface area contributed by atoms with Crippen LogP contribution in [0.15, 0.2) is 66.2 Å². The number of ether oxygens (including phenoxy) is 4. The van der Waals surface area contributed by atoms with E-state index in [1.807, 2.05) is 32.0 Å². The number of benzene rings is 3. The van der Waals surface area contributed by atoms with Crippen molar-refractivity contribution in [3.8, 4) is 23.0 Å². The fourth-order valence-electron chi connectivity index (χ4n) is 4.95. The first-order chi connectivity index (χ1) is 20.9. The number of amides is 1. The second kappa shape index (κ2) is 13.2. The molecule has 3 aromatic carbocycles. The Morgan fingerprint density at radius 3 is 2.47 bits per heavy atom. The van der Waals surface area contributed by atoms with E-state index in [2.05, 4.69) is 6.92 Å². The summed E-state index contributed by atoms with van der Waals surface area (Å²) < 4.78 is 23.5. The van der Waals surface area contributed by atoms with Crippen molar-refractivity contribution in [2.45, 2.75) is 39.7 Å². The van der Waals surface area contributed by atoms with Gasteiger partial charge in [-0.2, -0.15) is 0 Å². The Morgan fingerprint density at radius 2 is 1.72 bits per heavy atom. The van der Waals surface area contributed by atoms with Gasteiger partial charge in [-0.1, -0.05) is 42.9 Å². The number of hydrogen-bond acceptors (Lipinski definition) is 9. The number of carbonyl (C=O) groups is 2. The molecule has 1 N–H and O–H groups in total. The van der Waals surface area contributed by atoms with Crippen LogP contribution in [0.4, 0.5) is 5.13 Å². The lowest BCUT2D eigenvalue weighted by atomic mass is 9.95. The van der Waals surface area contributed by atoms with Gasteiger partial charge in [-0.15, -0.1) is 0 Å². The number of fused-ring (bicyclic) bond motifs is 1. The van der Waals surface area contributed by atoms with Gasteiger partial charge in [-0.05, 0) is 68.3 Å². The van der Waals surface area contributed by atoms with E-state index in [1.165, 1.54) is 23.3 Å². The lowest BCUT2D eigenvalue weighted by molar-refractivity contribution is -0.132. The zero-order valence-electron chi connectivity index (χ0n) is 24.6. The first kappa shape index (κ1) is 29.9. The van der Waals surface area contributed by atoms with Crippen molar-refractivity contribution in [1.29, 1.82) is 0 Å². The van der Waals surface area contributed by atoms with Crippen molar-refractivity contribution in [3.05, 3.63) is 77.4 Å². The van der Waals surface area contributed by atoms with Crippen molar-refractivity contribution in [2.24, 2.45) is 0 Å². The molecule has 0 saturated carbocycles. The maximum atomic E-state index is 13.7. The van der Waals surface area contributed by atoms with Crippen molar-refractivity contribution < 1.29 is 33.6 Å². The van der Waals surface area contributed by atoms with Crippen LogP contribution >= 0.6 is 11.3 Å². The number of ketones is 1. The summed E-state index contributed by atoms with van der Waals surface area (Å²) in [5, 5.41) is 12.0. The number of thiazole rings is 1. The third-order valence-corrected chi connectivity index (χ3v) is 8.00. The molecule has 1 saturated heterocycles. The number of unbranched alkanes of at least 4 members (excludes halogenated alkanes) is 1. The Labute approximate surface area is 254 Å². The second-order valence-corrected chi connectivity index (χ2v) is 10.8. The normalized spacial score (nSPS) is 16.1. The zero-order chi connectivity index (χ0) is 30.5. The second-order valence-electron chi connectivity index (χ2n) is 9.80.